The molecule has 0 aliphatic carbocycles. The summed E-state index contributed by atoms with van der Waals surface area (Å²) in [5.41, 5.74) is -0.212. The lowest BCUT2D eigenvalue weighted by molar-refractivity contribution is -0.163. The zero-order valence-corrected chi connectivity index (χ0v) is 18.9. The molecule has 172 valence electrons. The highest BCUT2D eigenvalue weighted by molar-refractivity contribution is 6.08. The standard InChI is InChI=1S/C25H32N2O5/c1-31-21-10-8-18(9-11-21)17-26-14-12-19(15-22(28)32-2)25(23(26)29)16-20-7-5-3-4-6-13-27(20)24(25)30/h5,7-11,19-20H,3-4,6,12-17H2,1-2H3/b7-5-/t19-,20+,25+/m1/s1. The summed E-state index contributed by atoms with van der Waals surface area (Å²) >= 11 is 0. The average Bonchev–Trinajstić information content (AvgIpc) is 3.05. The van der Waals surface area contributed by atoms with Crippen LogP contribution in [0.25, 0.3) is 0 Å². The van der Waals surface area contributed by atoms with Crippen LogP contribution in [0.15, 0.2) is 36.4 Å². The third-order valence-electron chi connectivity index (χ3n) is 7.24. The number of likely N-dealkylation sites (tertiary alicyclic amines) is 1. The summed E-state index contributed by atoms with van der Waals surface area (Å²) < 4.78 is 10.1. The molecule has 2 saturated heterocycles. The molecule has 1 spiro atoms. The number of hydrogen-bond acceptors (Lipinski definition) is 5. The van der Waals surface area contributed by atoms with E-state index in [0.29, 0.717) is 32.5 Å². The third-order valence-corrected chi connectivity index (χ3v) is 7.24. The van der Waals surface area contributed by atoms with Crippen LogP contribution < -0.4 is 4.74 Å². The highest BCUT2D eigenvalue weighted by Gasteiger charge is 2.62. The molecule has 2 fully saturated rings. The van der Waals surface area contributed by atoms with E-state index in [2.05, 4.69) is 12.2 Å². The molecule has 3 atom stereocenters. The van der Waals surface area contributed by atoms with Crippen LogP contribution in [0.2, 0.25) is 0 Å². The van der Waals surface area contributed by atoms with Crippen molar-refractivity contribution in [3.8, 4) is 5.75 Å². The summed E-state index contributed by atoms with van der Waals surface area (Å²) in [6.45, 7) is 1.61. The lowest BCUT2D eigenvalue weighted by Gasteiger charge is -2.43. The first-order valence-corrected chi connectivity index (χ1v) is 11.5. The fraction of sp³-hybridized carbons (Fsp3) is 0.560. The average molecular weight is 441 g/mol. The number of amides is 2. The molecule has 3 aliphatic heterocycles. The Morgan fingerprint density at radius 1 is 1.09 bits per heavy atom. The first kappa shape index (κ1) is 22.4. The van der Waals surface area contributed by atoms with E-state index in [1.807, 2.05) is 29.2 Å². The second-order valence-electron chi connectivity index (χ2n) is 9.01. The summed E-state index contributed by atoms with van der Waals surface area (Å²) in [5, 5.41) is 0. The molecule has 1 aromatic carbocycles. The normalized spacial score (nSPS) is 28.8. The summed E-state index contributed by atoms with van der Waals surface area (Å²) in [6.07, 6.45) is 8.28. The van der Waals surface area contributed by atoms with Gasteiger partial charge >= 0.3 is 5.97 Å². The van der Waals surface area contributed by atoms with Crippen molar-refractivity contribution < 1.29 is 23.9 Å². The lowest BCUT2D eigenvalue weighted by Crippen LogP contribution is -2.57. The molecule has 3 heterocycles. The van der Waals surface area contributed by atoms with E-state index >= 15 is 0 Å². The number of nitrogens with zero attached hydrogens (tertiary/aromatic N) is 2. The zero-order chi connectivity index (χ0) is 22.7. The van der Waals surface area contributed by atoms with Crippen molar-refractivity contribution in [2.75, 3.05) is 27.3 Å². The molecule has 7 nitrogen and oxygen atoms in total. The molecule has 0 saturated carbocycles. The molecule has 3 aliphatic rings. The number of methoxy groups -OCH3 is 2. The van der Waals surface area contributed by atoms with Crippen molar-refractivity contribution in [2.45, 2.75) is 51.1 Å². The van der Waals surface area contributed by atoms with Crippen LogP contribution in [-0.4, -0.2) is 60.9 Å². The van der Waals surface area contributed by atoms with E-state index in [4.69, 9.17) is 9.47 Å². The van der Waals surface area contributed by atoms with Gasteiger partial charge in [-0.05, 0) is 55.7 Å². The van der Waals surface area contributed by atoms with Gasteiger partial charge in [0.15, 0.2) is 0 Å². The Hall–Kier alpha value is -2.83. The number of ether oxygens (including phenoxy) is 2. The van der Waals surface area contributed by atoms with Gasteiger partial charge in [0, 0.05) is 26.1 Å². The number of carbonyl (C=O) groups is 3. The van der Waals surface area contributed by atoms with Crippen LogP contribution in [0.1, 0.15) is 44.1 Å². The highest BCUT2D eigenvalue weighted by Crippen LogP contribution is 2.50. The maximum atomic E-state index is 14.0. The quantitative estimate of drug-likeness (QED) is 0.400. The minimum absolute atomic E-state index is 0.0900. The molecule has 32 heavy (non-hydrogen) atoms. The third kappa shape index (κ3) is 4.00. The van der Waals surface area contributed by atoms with E-state index in [0.717, 1.165) is 30.6 Å². The van der Waals surface area contributed by atoms with E-state index in [1.54, 1.807) is 12.0 Å². The lowest BCUT2D eigenvalue weighted by atomic mass is 9.66. The minimum Gasteiger partial charge on any atom is -0.497 e. The predicted molar refractivity (Wildman–Crippen MR) is 119 cm³/mol. The number of fused-ring (bicyclic) bond motifs is 1. The van der Waals surface area contributed by atoms with Crippen molar-refractivity contribution in [3.63, 3.8) is 0 Å². The van der Waals surface area contributed by atoms with Crippen LogP contribution in [-0.2, 0) is 25.7 Å². The first-order valence-electron chi connectivity index (χ1n) is 11.5. The Morgan fingerprint density at radius 3 is 2.59 bits per heavy atom. The molecule has 0 bridgehead atoms. The van der Waals surface area contributed by atoms with Gasteiger partial charge in [-0.2, -0.15) is 0 Å². The van der Waals surface area contributed by atoms with E-state index < -0.39 is 5.41 Å². The highest BCUT2D eigenvalue weighted by atomic mass is 16.5. The fourth-order valence-electron chi connectivity index (χ4n) is 5.47. The van der Waals surface area contributed by atoms with Crippen molar-refractivity contribution in [1.82, 2.24) is 9.80 Å². The summed E-state index contributed by atoms with van der Waals surface area (Å²) in [6, 6.07) is 7.54. The van der Waals surface area contributed by atoms with Gasteiger partial charge in [-0.25, -0.2) is 0 Å². The first-order chi connectivity index (χ1) is 15.5. The van der Waals surface area contributed by atoms with Gasteiger partial charge < -0.3 is 19.3 Å². The number of esters is 1. The maximum absolute atomic E-state index is 14.0. The van der Waals surface area contributed by atoms with Crippen LogP contribution in [0, 0.1) is 11.3 Å². The number of allylic oxidation sites excluding steroid dienone is 1. The van der Waals surface area contributed by atoms with Gasteiger partial charge in [0.2, 0.25) is 11.8 Å². The fourth-order valence-corrected chi connectivity index (χ4v) is 5.47. The van der Waals surface area contributed by atoms with E-state index in [9.17, 15) is 14.4 Å². The Bertz CT molecular complexity index is 896. The monoisotopic (exact) mass is 440 g/mol. The molecule has 1 aromatic rings. The number of benzene rings is 1. The molecule has 2 amide bonds. The van der Waals surface area contributed by atoms with Crippen LogP contribution in [0.5, 0.6) is 5.75 Å². The summed E-state index contributed by atoms with van der Waals surface area (Å²) in [4.78, 5) is 43.6. The Balaban J connectivity index is 1.65. The van der Waals surface area contributed by atoms with E-state index in [1.165, 1.54) is 7.11 Å². The number of rotatable bonds is 5. The van der Waals surface area contributed by atoms with Gasteiger partial charge in [-0.3, -0.25) is 14.4 Å². The molecule has 0 unspecified atom stereocenters. The Kier molecular flexibility index (Phi) is 6.53. The molecule has 0 radical (unpaired) electrons. The largest absolute Gasteiger partial charge is 0.497 e. The summed E-state index contributed by atoms with van der Waals surface area (Å²) in [7, 11) is 2.97. The van der Waals surface area contributed by atoms with Gasteiger partial charge in [0.25, 0.3) is 0 Å². The maximum Gasteiger partial charge on any atom is 0.305 e. The second-order valence-corrected chi connectivity index (χ2v) is 9.01. The number of piperidine rings is 1. The number of hydrogen-bond donors (Lipinski definition) is 0. The van der Waals surface area contributed by atoms with Crippen molar-refractivity contribution in [2.24, 2.45) is 11.3 Å². The summed E-state index contributed by atoms with van der Waals surface area (Å²) in [5.74, 6) is -0.224. The molecule has 7 heteroatoms. The number of carbonyl (C=O) groups excluding carboxylic acids is 3. The topological polar surface area (TPSA) is 76.2 Å². The molecule has 4 rings (SSSR count). The molecule has 0 N–H and O–H groups in total. The second kappa shape index (κ2) is 9.35. The van der Waals surface area contributed by atoms with Gasteiger partial charge in [-0.15, -0.1) is 0 Å². The minimum atomic E-state index is -1.20. The Labute approximate surface area is 189 Å². The van der Waals surface area contributed by atoms with Gasteiger partial charge in [0.05, 0.1) is 20.3 Å². The Morgan fingerprint density at radius 2 is 1.88 bits per heavy atom. The van der Waals surface area contributed by atoms with Crippen LogP contribution in [0.3, 0.4) is 0 Å². The van der Waals surface area contributed by atoms with Gasteiger partial charge in [-0.1, -0.05) is 24.3 Å². The van der Waals surface area contributed by atoms with Crippen LogP contribution >= 0.6 is 0 Å². The van der Waals surface area contributed by atoms with Crippen LogP contribution in [0.4, 0.5) is 0 Å². The molecular formula is C25H32N2O5. The van der Waals surface area contributed by atoms with Crippen molar-refractivity contribution >= 4 is 17.8 Å². The predicted octanol–water partition coefficient (Wildman–Crippen LogP) is 2.93. The smallest absolute Gasteiger partial charge is 0.305 e. The SMILES string of the molecule is COC(=O)C[C@H]1CCN(Cc2ccc(OC)cc2)C(=O)[C@]12C[C@@H]1/C=C\CCCCN1C2=O. The van der Waals surface area contributed by atoms with Gasteiger partial charge in [0.1, 0.15) is 11.2 Å². The van der Waals surface area contributed by atoms with E-state index in [-0.39, 0.29) is 36.2 Å². The van der Waals surface area contributed by atoms with Crippen molar-refractivity contribution in [1.29, 1.82) is 0 Å². The van der Waals surface area contributed by atoms with Crippen molar-refractivity contribution in [3.05, 3.63) is 42.0 Å². The molecular weight excluding hydrogens is 408 g/mol. The molecule has 0 aromatic heterocycles. The zero-order valence-electron chi connectivity index (χ0n) is 18.9.